The maximum atomic E-state index is 14.2. The van der Waals surface area contributed by atoms with Gasteiger partial charge in [-0.15, -0.1) is 10.2 Å². The quantitative estimate of drug-likeness (QED) is 0.0933. The number of methoxy groups -OCH3 is 4. The number of carbonyl (C=O) groups is 1. The van der Waals surface area contributed by atoms with Gasteiger partial charge in [0.25, 0.3) is 0 Å². The summed E-state index contributed by atoms with van der Waals surface area (Å²) in [6.45, 7) is 18.5. The van der Waals surface area contributed by atoms with Crippen molar-refractivity contribution in [1.29, 1.82) is 0 Å². The summed E-state index contributed by atoms with van der Waals surface area (Å²) < 4.78 is 24.0. The molecule has 13 heteroatoms. The van der Waals surface area contributed by atoms with Crippen LogP contribution in [0.5, 0.6) is 17.2 Å². The summed E-state index contributed by atoms with van der Waals surface area (Å²) in [5.41, 5.74) is 1.74. The molecule has 1 aliphatic rings. The molecule has 0 radical (unpaired) electrons. The zero-order chi connectivity index (χ0) is 39.4. The molecule has 3 heterocycles. The van der Waals surface area contributed by atoms with Crippen molar-refractivity contribution in [2.75, 3.05) is 66.1 Å². The first-order valence-corrected chi connectivity index (χ1v) is 20.3. The monoisotopic (exact) mass is 765 g/mol. The fourth-order valence-electron chi connectivity index (χ4n) is 6.80. The maximum Gasteiger partial charge on any atom is 0.242 e. The SMILES string of the molecule is CCCCC(CC)CN(CC(CC)CCCOC)C(=O)CN(CC)c1ccc(/N=C2/C(C(C)(C)C)=Nn3c2nnc3-c2cc(OC)cc(OC)c2OC)s1. The second kappa shape index (κ2) is 20.1. The first kappa shape index (κ1) is 42.8. The van der Waals surface area contributed by atoms with Gasteiger partial charge < -0.3 is 28.7 Å². The van der Waals surface area contributed by atoms with Crippen molar-refractivity contribution < 1.29 is 23.7 Å². The van der Waals surface area contributed by atoms with Gasteiger partial charge in [-0.2, -0.15) is 9.78 Å². The number of fused-ring (bicyclic) bond motifs is 1. The van der Waals surface area contributed by atoms with Crippen LogP contribution in [0, 0.1) is 17.3 Å². The van der Waals surface area contributed by atoms with Gasteiger partial charge in [0.2, 0.25) is 11.7 Å². The number of aromatic nitrogens is 3. The average Bonchev–Trinajstić information content (AvgIpc) is 3.90. The van der Waals surface area contributed by atoms with Crippen LogP contribution in [0.25, 0.3) is 11.4 Å². The van der Waals surface area contributed by atoms with E-state index in [0.717, 1.165) is 67.5 Å². The lowest BCUT2D eigenvalue weighted by Crippen LogP contribution is -2.44. The number of aliphatic imine (C=N–C) groups is 1. The second-order valence-electron chi connectivity index (χ2n) is 15.0. The number of benzene rings is 1. The van der Waals surface area contributed by atoms with Crippen LogP contribution in [0.1, 0.15) is 99.2 Å². The highest BCUT2D eigenvalue weighted by Crippen LogP contribution is 2.42. The van der Waals surface area contributed by atoms with E-state index in [0.29, 0.717) is 65.1 Å². The fourth-order valence-corrected chi connectivity index (χ4v) is 7.75. The van der Waals surface area contributed by atoms with Crippen LogP contribution < -0.4 is 19.1 Å². The molecule has 0 fully saturated rings. The number of likely N-dealkylation sites (N-methyl/N-ethyl adjacent to an activating group) is 1. The smallest absolute Gasteiger partial charge is 0.242 e. The molecule has 3 aromatic rings. The molecule has 0 N–H and O–H groups in total. The Balaban J connectivity index is 1.64. The third-order valence-corrected chi connectivity index (χ3v) is 11.2. The second-order valence-corrected chi connectivity index (χ2v) is 16.0. The van der Waals surface area contributed by atoms with Crippen molar-refractivity contribution in [3.05, 3.63) is 30.1 Å². The molecule has 54 heavy (non-hydrogen) atoms. The number of rotatable bonds is 22. The predicted molar refractivity (Wildman–Crippen MR) is 221 cm³/mol. The third kappa shape index (κ3) is 10.4. The molecule has 298 valence electrons. The summed E-state index contributed by atoms with van der Waals surface area (Å²) in [5.74, 6) is 3.77. The van der Waals surface area contributed by atoms with Gasteiger partial charge in [-0.3, -0.25) is 4.79 Å². The molecule has 0 spiro atoms. The van der Waals surface area contributed by atoms with Crippen molar-refractivity contribution in [2.45, 2.75) is 93.4 Å². The van der Waals surface area contributed by atoms with Gasteiger partial charge in [0.05, 0.1) is 44.2 Å². The molecular formula is C41H63N7O5S. The first-order valence-electron chi connectivity index (χ1n) is 19.5. The Morgan fingerprint density at radius 3 is 2.17 bits per heavy atom. The summed E-state index contributed by atoms with van der Waals surface area (Å²) in [4.78, 5) is 23.7. The van der Waals surface area contributed by atoms with Gasteiger partial charge >= 0.3 is 0 Å². The molecule has 4 rings (SSSR count). The molecular weight excluding hydrogens is 703 g/mol. The molecule has 0 aliphatic carbocycles. The molecule has 1 aromatic carbocycles. The lowest BCUT2D eigenvalue weighted by molar-refractivity contribution is -0.131. The van der Waals surface area contributed by atoms with E-state index in [-0.39, 0.29) is 11.3 Å². The normalized spacial score (nSPS) is 14.5. The zero-order valence-electron chi connectivity index (χ0n) is 34.5. The van der Waals surface area contributed by atoms with E-state index >= 15 is 0 Å². The number of amides is 1. The van der Waals surface area contributed by atoms with Crippen LogP contribution in [0.3, 0.4) is 0 Å². The minimum absolute atomic E-state index is 0.182. The number of anilines is 1. The highest BCUT2D eigenvalue weighted by atomic mass is 32.1. The molecule has 2 unspecified atom stereocenters. The molecule has 0 saturated heterocycles. The highest BCUT2D eigenvalue weighted by molar-refractivity contribution is 7.19. The van der Waals surface area contributed by atoms with E-state index in [9.17, 15) is 4.79 Å². The van der Waals surface area contributed by atoms with E-state index in [1.54, 1.807) is 50.5 Å². The Labute approximate surface area is 326 Å². The van der Waals surface area contributed by atoms with Crippen molar-refractivity contribution in [3.8, 4) is 28.6 Å². The Morgan fingerprint density at radius 1 is 0.907 bits per heavy atom. The average molecular weight is 766 g/mol. The number of hydrogen-bond donors (Lipinski definition) is 0. The van der Waals surface area contributed by atoms with E-state index in [1.807, 2.05) is 12.1 Å². The van der Waals surface area contributed by atoms with Gasteiger partial charge in [0, 0.05) is 44.8 Å². The van der Waals surface area contributed by atoms with E-state index in [4.69, 9.17) is 29.0 Å². The maximum absolute atomic E-state index is 14.2. The minimum atomic E-state index is -0.342. The zero-order valence-corrected chi connectivity index (χ0v) is 35.3. The van der Waals surface area contributed by atoms with Gasteiger partial charge in [0.15, 0.2) is 17.3 Å². The Bertz CT molecular complexity index is 1730. The number of hydrogen-bond acceptors (Lipinski definition) is 11. The van der Waals surface area contributed by atoms with Crippen molar-refractivity contribution in [3.63, 3.8) is 0 Å². The lowest BCUT2D eigenvalue weighted by atomic mass is 9.87. The van der Waals surface area contributed by atoms with Crippen LogP contribution in [0.4, 0.5) is 10.0 Å². The van der Waals surface area contributed by atoms with Crippen LogP contribution in [-0.4, -0.2) is 98.3 Å². The van der Waals surface area contributed by atoms with E-state index < -0.39 is 0 Å². The molecule has 2 atom stereocenters. The Morgan fingerprint density at radius 2 is 1.59 bits per heavy atom. The first-order chi connectivity index (χ1) is 26.0. The highest BCUT2D eigenvalue weighted by Gasteiger charge is 2.36. The van der Waals surface area contributed by atoms with Crippen LogP contribution in [-0.2, 0) is 9.53 Å². The summed E-state index contributed by atoms with van der Waals surface area (Å²) >= 11 is 1.56. The minimum Gasteiger partial charge on any atom is -0.497 e. The third-order valence-electron chi connectivity index (χ3n) is 10.1. The van der Waals surface area contributed by atoms with Crippen molar-refractivity contribution in [2.24, 2.45) is 27.3 Å². The molecule has 1 aliphatic heterocycles. The number of carbonyl (C=O) groups excluding carboxylic acids is 1. The van der Waals surface area contributed by atoms with Crippen LogP contribution in [0.15, 0.2) is 34.4 Å². The molecule has 1 amide bonds. The molecule has 12 nitrogen and oxygen atoms in total. The van der Waals surface area contributed by atoms with E-state index in [1.165, 1.54) is 12.8 Å². The molecule has 0 bridgehead atoms. The van der Waals surface area contributed by atoms with Crippen LogP contribution >= 0.6 is 11.3 Å². The number of ether oxygens (including phenoxy) is 4. The summed E-state index contributed by atoms with van der Waals surface area (Å²) in [7, 11) is 6.53. The number of thiophene rings is 1. The predicted octanol–water partition coefficient (Wildman–Crippen LogP) is 8.74. The topological polar surface area (TPSA) is 116 Å². The lowest BCUT2D eigenvalue weighted by Gasteiger charge is -2.33. The van der Waals surface area contributed by atoms with E-state index in [2.05, 4.69) is 74.5 Å². The van der Waals surface area contributed by atoms with Gasteiger partial charge in [-0.1, -0.05) is 78.6 Å². The van der Waals surface area contributed by atoms with Gasteiger partial charge in [-0.05, 0) is 56.2 Å². The Hall–Kier alpha value is -3.97. The van der Waals surface area contributed by atoms with Crippen molar-refractivity contribution in [1.82, 2.24) is 19.8 Å². The Kier molecular flexibility index (Phi) is 15.9. The summed E-state index contributed by atoms with van der Waals surface area (Å²) in [6, 6.07) is 7.67. The fraction of sp³-hybridized carbons (Fsp3) is 0.634. The molecule has 0 saturated carbocycles. The van der Waals surface area contributed by atoms with Crippen LogP contribution in [0.2, 0.25) is 0 Å². The largest absolute Gasteiger partial charge is 0.497 e. The number of nitrogens with zero attached hydrogens (tertiary/aromatic N) is 7. The van der Waals surface area contributed by atoms with Gasteiger partial charge in [0.1, 0.15) is 16.5 Å². The summed E-state index contributed by atoms with van der Waals surface area (Å²) in [5, 5.41) is 15.9. The summed E-state index contributed by atoms with van der Waals surface area (Å²) in [6.07, 6.45) is 7.70. The standard InChI is InChI=1S/C41H63N7O5S/c1-12-16-18-28(13-2)25-47(26-29(14-3)19-17-22-50-8)34(49)27-46(15-4)35-21-20-33(54-35)42-36-38(41(5,6)7)45-48-39(43-44-40(36)48)31-23-30(51-9)24-32(52-10)37(31)53-11/h20-21,23-24,28-29H,12-19,22,25-27H2,1-11H3/b42-36-. The van der Waals surface area contributed by atoms with Crippen molar-refractivity contribution >= 4 is 38.7 Å². The molecule has 2 aromatic heterocycles. The van der Waals surface area contributed by atoms with Gasteiger partial charge in [-0.25, -0.2) is 4.99 Å². The number of unbranched alkanes of at least 4 members (excludes halogenated alkanes) is 1.